The van der Waals surface area contributed by atoms with E-state index >= 15 is 0 Å². The predicted molar refractivity (Wildman–Crippen MR) is 141 cm³/mol. The fourth-order valence-corrected chi connectivity index (χ4v) is 5.88. The van der Waals surface area contributed by atoms with Crippen LogP contribution in [0.2, 0.25) is 0 Å². The highest BCUT2D eigenvalue weighted by Crippen LogP contribution is 2.37. The summed E-state index contributed by atoms with van der Waals surface area (Å²) in [5, 5.41) is 0. The lowest BCUT2D eigenvalue weighted by Crippen LogP contribution is -2.23. The number of rotatable bonds is 9. The summed E-state index contributed by atoms with van der Waals surface area (Å²) in [6.07, 6.45) is 12.4. The molecule has 2 fully saturated rings. The molecule has 35 heavy (non-hydrogen) atoms. The van der Waals surface area contributed by atoms with Crippen molar-refractivity contribution in [2.75, 3.05) is 0 Å². The first-order valence-corrected chi connectivity index (χ1v) is 13.4. The molecule has 3 heteroatoms. The zero-order valence-corrected chi connectivity index (χ0v) is 21.1. The summed E-state index contributed by atoms with van der Waals surface area (Å²) >= 11 is 0. The second-order valence-corrected chi connectivity index (χ2v) is 10.6. The Morgan fingerprint density at radius 1 is 0.771 bits per heavy atom. The van der Waals surface area contributed by atoms with Gasteiger partial charge in [0.1, 0.15) is 0 Å². The summed E-state index contributed by atoms with van der Waals surface area (Å²) in [5.74, 6) is 2.44. The minimum atomic E-state index is -3.19. The molecule has 0 saturated heterocycles. The van der Waals surface area contributed by atoms with E-state index in [0.717, 1.165) is 5.56 Å². The molecule has 2 aromatic rings. The van der Waals surface area contributed by atoms with Crippen molar-refractivity contribution < 1.29 is 13.5 Å². The summed E-state index contributed by atoms with van der Waals surface area (Å²) < 4.78 is 34.2. The smallest absolute Gasteiger partial charge is 0.315 e. The number of ether oxygens (including phenoxy) is 1. The second kappa shape index (κ2) is 12.1. The molecule has 0 aliphatic heterocycles. The van der Waals surface area contributed by atoms with E-state index in [2.05, 4.69) is 43.9 Å². The molecule has 2 aliphatic carbocycles. The van der Waals surface area contributed by atoms with Gasteiger partial charge in [-0.1, -0.05) is 66.8 Å². The van der Waals surface area contributed by atoms with Crippen molar-refractivity contribution in [3.05, 3.63) is 95.6 Å². The van der Waals surface area contributed by atoms with Gasteiger partial charge in [-0.05, 0) is 104 Å². The highest BCUT2D eigenvalue weighted by atomic mass is 19.3. The Hall–Kier alpha value is -2.26. The Morgan fingerprint density at radius 3 is 1.74 bits per heavy atom. The van der Waals surface area contributed by atoms with E-state index in [1.54, 1.807) is 0 Å². The Labute approximate surface area is 210 Å². The van der Waals surface area contributed by atoms with E-state index in [4.69, 9.17) is 4.74 Å². The fraction of sp³-hybridized carbons (Fsp3) is 0.500. The number of alkyl halides is 2. The van der Waals surface area contributed by atoms with Gasteiger partial charge in [-0.2, -0.15) is 8.78 Å². The molecule has 1 nitrogen and oxygen atoms in total. The SMILES string of the molecule is C=CC1CCC(c2ccc(COC(F)(F)Cc3ccc(C4CCC(C=CC)CC4)cc3)cc2)CC1. The van der Waals surface area contributed by atoms with Gasteiger partial charge in [0.2, 0.25) is 0 Å². The largest absolute Gasteiger partial charge is 0.360 e. The maximum absolute atomic E-state index is 14.6. The van der Waals surface area contributed by atoms with Crippen LogP contribution in [0.15, 0.2) is 73.3 Å². The summed E-state index contributed by atoms with van der Waals surface area (Å²) in [6, 6.07) is 15.8. The van der Waals surface area contributed by atoms with Gasteiger partial charge < -0.3 is 4.74 Å². The van der Waals surface area contributed by atoms with Gasteiger partial charge in [0.05, 0.1) is 13.0 Å². The number of hydrogen-bond acceptors (Lipinski definition) is 1. The van der Waals surface area contributed by atoms with Crippen molar-refractivity contribution in [1.29, 1.82) is 0 Å². The summed E-state index contributed by atoms with van der Waals surface area (Å²) in [6.45, 7) is 5.91. The average Bonchev–Trinajstić information content (AvgIpc) is 2.89. The molecule has 0 atom stereocenters. The lowest BCUT2D eigenvalue weighted by atomic mass is 9.78. The average molecular weight is 479 g/mol. The number of allylic oxidation sites excluding steroid dienone is 3. The minimum Gasteiger partial charge on any atom is -0.315 e. The second-order valence-electron chi connectivity index (χ2n) is 10.6. The van der Waals surface area contributed by atoms with Gasteiger partial charge in [-0.25, -0.2) is 0 Å². The van der Waals surface area contributed by atoms with Gasteiger partial charge in [0, 0.05) is 0 Å². The maximum Gasteiger partial charge on any atom is 0.360 e. The van der Waals surface area contributed by atoms with Crippen molar-refractivity contribution in [2.24, 2.45) is 11.8 Å². The topological polar surface area (TPSA) is 9.23 Å². The fourth-order valence-electron chi connectivity index (χ4n) is 5.88. The molecule has 0 spiro atoms. The molecular formula is C32H40F2O. The number of halogens is 2. The van der Waals surface area contributed by atoms with Crippen LogP contribution in [-0.4, -0.2) is 6.11 Å². The van der Waals surface area contributed by atoms with E-state index in [1.807, 2.05) is 36.4 Å². The lowest BCUT2D eigenvalue weighted by Gasteiger charge is -2.27. The molecule has 0 bridgehead atoms. The number of hydrogen-bond donors (Lipinski definition) is 0. The van der Waals surface area contributed by atoms with Crippen LogP contribution in [0.3, 0.4) is 0 Å². The third-order valence-corrected chi connectivity index (χ3v) is 8.10. The zero-order chi connectivity index (χ0) is 24.7. The molecule has 0 N–H and O–H groups in total. The van der Waals surface area contributed by atoms with E-state index in [1.165, 1.54) is 62.5 Å². The standard InChI is InChI=1S/C32H40F2O/c1-3-5-25-8-16-29(17-9-25)30-18-10-26(11-19-30)22-32(33,34)35-23-27-12-20-31(21-13-27)28-14-6-24(4-2)7-15-28/h3-5,10-13,18-21,24-25,28-29H,2,6-9,14-17,22-23H2,1H3. The molecule has 0 unspecified atom stereocenters. The maximum atomic E-state index is 14.6. The molecule has 2 aliphatic rings. The summed E-state index contributed by atoms with van der Waals surface area (Å²) in [5.41, 5.74) is 3.98. The molecule has 4 rings (SSSR count). The van der Waals surface area contributed by atoms with Crippen LogP contribution in [0.5, 0.6) is 0 Å². The first kappa shape index (κ1) is 25.8. The molecule has 0 aromatic heterocycles. The van der Waals surface area contributed by atoms with Crippen LogP contribution < -0.4 is 0 Å². The lowest BCUT2D eigenvalue weighted by molar-refractivity contribution is -0.244. The summed E-state index contributed by atoms with van der Waals surface area (Å²) in [4.78, 5) is 0. The molecule has 0 heterocycles. The van der Waals surface area contributed by atoms with E-state index in [-0.39, 0.29) is 6.61 Å². The van der Waals surface area contributed by atoms with Gasteiger partial charge >= 0.3 is 6.11 Å². The third kappa shape index (κ3) is 7.36. The Balaban J connectivity index is 1.25. The van der Waals surface area contributed by atoms with Crippen molar-refractivity contribution in [2.45, 2.75) is 89.3 Å². The van der Waals surface area contributed by atoms with Crippen molar-refractivity contribution in [3.8, 4) is 0 Å². The molecule has 2 saturated carbocycles. The molecule has 2 aromatic carbocycles. The molecule has 188 valence electrons. The van der Waals surface area contributed by atoms with Gasteiger partial charge in [0.25, 0.3) is 0 Å². The molecule has 0 amide bonds. The van der Waals surface area contributed by atoms with Crippen molar-refractivity contribution in [3.63, 3.8) is 0 Å². The Bertz CT molecular complexity index is 944. The highest BCUT2D eigenvalue weighted by molar-refractivity contribution is 5.27. The van der Waals surface area contributed by atoms with Crippen LogP contribution in [0, 0.1) is 11.8 Å². The van der Waals surface area contributed by atoms with Crippen LogP contribution in [0.25, 0.3) is 0 Å². The Kier molecular flexibility index (Phi) is 8.94. The quantitative estimate of drug-likeness (QED) is 0.326. The number of benzene rings is 2. The molecular weight excluding hydrogens is 438 g/mol. The highest BCUT2D eigenvalue weighted by Gasteiger charge is 2.31. The first-order valence-electron chi connectivity index (χ1n) is 13.4. The van der Waals surface area contributed by atoms with Crippen molar-refractivity contribution >= 4 is 0 Å². The van der Waals surface area contributed by atoms with Crippen LogP contribution in [-0.2, 0) is 17.8 Å². The van der Waals surface area contributed by atoms with Crippen LogP contribution >= 0.6 is 0 Å². The Morgan fingerprint density at radius 2 is 1.26 bits per heavy atom. The van der Waals surface area contributed by atoms with Gasteiger partial charge in [-0.15, -0.1) is 6.58 Å². The summed E-state index contributed by atoms with van der Waals surface area (Å²) in [7, 11) is 0. The predicted octanol–water partition coefficient (Wildman–Crippen LogP) is 9.35. The zero-order valence-electron chi connectivity index (χ0n) is 21.1. The monoisotopic (exact) mass is 478 g/mol. The van der Waals surface area contributed by atoms with Crippen molar-refractivity contribution in [1.82, 2.24) is 0 Å². The van der Waals surface area contributed by atoms with E-state index in [0.29, 0.717) is 29.2 Å². The third-order valence-electron chi connectivity index (χ3n) is 8.10. The van der Waals surface area contributed by atoms with Crippen LogP contribution in [0.1, 0.15) is 92.4 Å². The van der Waals surface area contributed by atoms with Gasteiger partial charge in [0.15, 0.2) is 0 Å². The normalized spacial score (nSPS) is 25.6. The van der Waals surface area contributed by atoms with E-state index in [9.17, 15) is 8.78 Å². The van der Waals surface area contributed by atoms with Gasteiger partial charge in [-0.3, -0.25) is 0 Å². The molecule has 0 radical (unpaired) electrons. The first-order chi connectivity index (χ1) is 17.0. The minimum absolute atomic E-state index is 0.0793. The van der Waals surface area contributed by atoms with E-state index < -0.39 is 12.5 Å². The van der Waals surface area contributed by atoms with Crippen LogP contribution in [0.4, 0.5) is 8.78 Å².